The van der Waals surface area contributed by atoms with Crippen molar-refractivity contribution in [3.05, 3.63) is 89.5 Å². The molecule has 1 aliphatic heterocycles. The van der Waals surface area contributed by atoms with E-state index >= 15 is 0 Å². The number of fused-ring (bicyclic) bond motifs is 2. The molecule has 0 radical (unpaired) electrons. The predicted molar refractivity (Wildman–Crippen MR) is 137 cm³/mol. The van der Waals surface area contributed by atoms with Gasteiger partial charge >= 0.3 is 6.03 Å². The summed E-state index contributed by atoms with van der Waals surface area (Å²) in [5.74, 6) is -0.546. The Bertz CT molecular complexity index is 1370. The van der Waals surface area contributed by atoms with Gasteiger partial charge in [-0.15, -0.1) is 0 Å². The van der Waals surface area contributed by atoms with Crippen LogP contribution in [0.5, 0.6) is 5.75 Å². The average molecular weight is 499 g/mol. The Balaban J connectivity index is 1.21. The molecule has 188 valence electrons. The Hall–Kier alpha value is -4.66. The van der Waals surface area contributed by atoms with Crippen LogP contribution in [0, 0.1) is 0 Å². The van der Waals surface area contributed by atoms with Gasteiger partial charge in [0.05, 0.1) is 7.11 Å². The number of anilines is 2. The second kappa shape index (κ2) is 9.77. The standard InChI is InChI=1S/C28H26N4O5/c1-37-22-14-12-21(13-15-22)30-25(34)19-8-10-20(11-9-19)29-24(33)17-32-26(35)28(31-27(32)36)16-4-6-18-5-2-3-7-23(18)28/h2-3,5,7-15H,4,6,16-17H2,1H3,(H,29,33)(H,30,34)(H,31,36)/t28-/m0/s1. The number of carbonyl (C=O) groups excluding carboxylic acids is 4. The third-order valence-corrected chi connectivity index (χ3v) is 6.73. The quantitative estimate of drug-likeness (QED) is 0.449. The van der Waals surface area contributed by atoms with Crippen LogP contribution >= 0.6 is 0 Å². The first-order chi connectivity index (χ1) is 17.9. The lowest BCUT2D eigenvalue weighted by molar-refractivity contribution is -0.134. The van der Waals surface area contributed by atoms with Crippen molar-refractivity contribution in [3.8, 4) is 5.75 Å². The van der Waals surface area contributed by atoms with E-state index in [2.05, 4.69) is 16.0 Å². The second-order valence-electron chi connectivity index (χ2n) is 9.05. The normalized spacial score (nSPS) is 18.2. The fourth-order valence-electron chi connectivity index (χ4n) is 4.88. The summed E-state index contributed by atoms with van der Waals surface area (Å²) in [4.78, 5) is 52.3. The van der Waals surface area contributed by atoms with Gasteiger partial charge in [0.15, 0.2) is 0 Å². The molecule has 9 heteroatoms. The summed E-state index contributed by atoms with van der Waals surface area (Å²) < 4.78 is 5.11. The van der Waals surface area contributed by atoms with E-state index in [9.17, 15) is 19.2 Å². The molecule has 3 aromatic rings. The molecule has 9 nitrogen and oxygen atoms in total. The van der Waals surface area contributed by atoms with Crippen molar-refractivity contribution in [3.63, 3.8) is 0 Å². The molecule has 5 amide bonds. The number of carbonyl (C=O) groups is 4. The van der Waals surface area contributed by atoms with Crippen molar-refractivity contribution in [2.45, 2.75) is 24.8 Å². The molecule has 1 spiro atoms. The minimum atomic E-state index is -1.12. The second-order valence-corrected chi connectivity index (χ2v) is 9.05. The van der Waals surface area contributed by atoms with Crippen molar-refractivity contribution < 1.29 is 23.9 Å². The maximum absolute atomic E-state index is 13.4. The van der Waals surface area contributed by atoms with Crippen LogP contribution in [0.1, 0.15) is 34.3 Å². The number of aryl methyl sites for hydroxylation is 1. The molecular weight excluding hydrogens is 472 g/mol. The van der Waals surface area contributed by atoms with E-state index in [0.717, 1.165) is 28.9 Å². The molecule has 0 aromatic heterocycles. The Labute approximate surface area is 213 Å². The highest BCUT2D eigenvalue weighted by atomic mass is 16.5. The fourth-order valence-corrected chi connectivity index (χ4v) is 4.88. The van der Waals surface area contributed by atoms with E-state index in [-0.39, 0.29) is 5.91 Å². The van der Waals surface area contributed by atoms with Gasteiger partial charge in [-0.2, -0.15) is 0 Å². The van der Waals surface area contributed by atoms with Gasteiger partial charge in [-0.1, -0.05) is 24.3 Å². The lowest BCUT2D eigenvalue weighted by Gasteiger charge is -2.33. The number of urea groups is 1. The highest BCUT2D eigenvalue weighted by Crippen LogP contribution is 2.39. The number of nitrogens with zero attached hydrogens (tertiary/aromatic N) is 1. The zero-order chi connectivity index (χ0) is 26.0. The molecule has 2 aliphatic rings. The summed E-state index contributed by atoms with van der Waals surface area (Å²) in [5, 5.41) is 8.33. The zero-order valence-electron chi connectivity index (χ0n) is 20.2. The molecule has 5 rings (SSSR count). The zero-order valence-corrected chi connectivity index (χ0v) is 20.2. The molecule has 1 atom stereocenters. The van der Waals surface area contributed by atoms with Crippen LogP contribution in [-0.4, -0.2) is 42.3 Å². The molecular formula is C28H26N4O5. The van der Waals surface area contributed by atoms with Crippen LogP contribution in [0.25, 0.3) is 0 Å². The van der Waals surface area contributed by atoms with Gasteiger partial charge < -0.3 is 20.7 Å². The van der Waals surface area contributed by atoms with E-state index in [4.69, 9.17) is 4.74 Å². The summed E-state index contributed by atoms with van der Waals surface area (Å²) >= 11 is 0. The van der Waals surface area contributed by atoms with Crippen LogP contribution in [0.2, 0.25) is 0 Å². The van der Waals surface area contributed by atoms with E-state index in [0.29, 0.717) is 29.1 Å². The van der Waals surface area contributed by atoms with E-state index in [1.54, 1.807) is 55.6 Å². The molecule has 1 saturated heterocycles. The first-order valence-electron chi connectivity index (χ1n) is 12.0. The van der Waals surface area contributed by atoms with E-state index in [1.807, 2.05) is 24.3 Å². The third-order valence-electron chi connectivity index (χ3n) is 6.73. The summed E-state index contributed by atoms with van der Waals surface area (Å²) in [7, 11) is 1.57. The number of hydrogen-bond acceptors (Lipinski definition) is 5. The summed E-state index contributed by atoms with van der Waals surface area (Å²) in [6, 6.07) is 20.3. The summed E-state index contributed by atoms with van der Waals surface area (Å²) in [6.07, 6.45) is 2.10. The smallest absolute Gasteiger partial charge is 0.325 e. The monoisotopic (exact) mass is 498 g/mol. The number of amides is 5. The molecule has 0 bridgehead atoms. The third kappa shape index (κ3) is 4.63. The number of ether oxygens (including phenoxy) is 1. The van der Waals surface area contributed by atoms with Gasteiger partial charge in [0.1, 0.15) is 17.8 Å². The van der Waals surface area contributed by atoms with Gasteiger partial charge in [0, 0.05) is 16.9 Å². The fraction of sp³-hybridized carbons (Fsp3) is 0.214. The van der Waals surface area contributed by atoms with E-state index < -0.39 is 29.9 Å². The molecule has 37 heavy (non-hydrogen) atoms. The maximum atomic E-state index is 13.4. The number of rotatable bonds is 6. The first-order valence-corrected chi connectivity index (χ1v) is 12.0. The van der Waals surface area contributed by atoms with Gasteiger partial charge in [-0.25, -0.2) is 4.79 Å². The van der Waals surface area contributed by atoms with Gasteiger partial charge in [-0.05, 0) is 78.9 Å². The van der Waals surface area contributed by atoms with Gasteiger partial charge in [0.25, 0.3) is 11.8 Å². The molecule has 3 aromatic carbocycles. The molecule has 3 N–H and O–H groups in total. The largest absolute Gasteiger partial charge is 0.497 e. The van der Waals surface area contributed by atoms with Crippen LogP contribution in [-0.2, 0) is 21.5 Å². The number of nitrogens with one attached hydrogen (secondary N) is 3. The molecule has 1 heterocycles. The topological polar surface area (TPSA) is 117 Å². The SMILES string of the molecule is COc1ccc(NC(=O)c2ccc(NC(=O)CN3C(=O)N[C@]4(CCCc5ccccc54)C3=O)cc2)cc1. The van der Waals surface area contributed by atoms with Crippen molar-refractivity contribution in [1.29, 1.82) is 0 Å². The van der Waals surface area contributed by atoms with Gasteiger partial charge in [0.2, 0.25) is 5.91 Å². The summed E-state index contributed by atoms with van der Waals surface area (Å²) in [6.45, 7) is -0.408. The number of benzene rings is 3. The minimum absolute atomic E-state index is 0.305. The summed E-state index contributed by atoms with van der Waals surface area (Å²) in [5.41, 5.74) is 2.17. The van der Waals surface area contributed by atoms with Crippen molar-refractivity contribution >= 4 is 35.1 Å². The van der Waals surface area contributed by atoms with Crippen molar-refractivity contribution in [2.24, 2.45) is 0 Å². The van der Waals surface area contributed by atoms with E-state index in [1.165, 1.54) is 0 Å². The Morgan fingerprint density at radius 2 is 1.62 bits per heavy atom. The highest BCUT2D eigenvalue weighted by Gasteiger charge is 2.54. The Kier molecular flexibility index (Phi) is 6.35. The van der Waals surface area contributed by atoms with Gasteiger partial charge in [-0.3, -0.25) is 19.3 Å². The van der Waals surface area contributed by atoms with Crippen molar-refractivity contribution in [2.75, 3.05) is 24.3 Å². The highest BCUT2D eigenvalue weighted by molar-refractivity contribution is 6.11. The lowest BCUT2D eigenvalue weighted by Crippen LogP contribution is -2.47. The first kappa shape index (κ1) is 24.1. The van der Waals surface area contributed by atoms with Crippen LogP contribution in [0.4, 0.5) is 16.2 Å². The predicted octanol–water partition coefficient (Wildman–Crippen LogP) is 3.67. The van der Waals surface area contributed by atoms with Crippen molar-refractivity contribution in [1.82, 2.24) is 10.2 Å². The molecule has 0 saturated carbocycles. The van der Waals surface area contributed by atoms with Crippen LogP contribution < -0.4 is 20.7 Å². The molecule has 1 aliphatic carbocycles. The Morgan fingerprint density at radius 3 is 2.35 bits per heavy atom. The molecule has 1 fully saturated rings. The number of imide groups is 1. The van der Waals surface area contributed by atoms with Crippen LogP contribution in [0.15, 0.2) is 72.8 Å². The average Bonchev–Trinajstić information content (AvgIpc) is 3.14. The number of methoxy groups -OCH3 is 1. The maximum Gasteiger partial charge on any atom is 0.325 e. The Morgan fingerprint density at radius 1 is 0.946 bits per heavy atom. The minimum Gasteiger partial charge on any atom is -0.497 e. The molecule has 0 unspecified atom stereocenters. The number of hydrogen-bond donors (Lipinski definition) is 3. The lowest BCUT2D eigenvalue weighted by atomic mass is 9.76. The van der Waals surface area contributed by atoms with Crippen LogP contribution in [0.3, 0.4) is 0 Å².